The normalized spacial score (nSPS) is 20.2. The summed E-state index contributed by atoms with van der Waals surface area (Å²) in [6.07, 6.45) is -0.310. The summed E-state index contributed by atoms with van der Waals surface area (Å²) in [5.74, 6) is -2.67. The second kappa shape index (κ2) is 10.4. The minimum atomic E-state index is -1.25. The number of nitrogens with one attached hydrogen (secondary N) is 2. The molecule has 6 N–H and O–H groups in total. The zero-order valence-electron chi connectivity index (χ0n) is 17.8. The molecule has 0 saturated carbocycles. The minimum absolute atomic E-state index is 0.129. The molecule has 4 rings (SSSR count). The molecule has 2 amide bonds. The van der Waals surface area contributed by atoms with Gasteiger partial charge < -0.3 is 21.3 Å². The Morgan fingerprint density at radius 1 is 1.31 bits per heavy atom. The smallest absolute Gasteiger partial charge is 0.352 e. The van der Waals surface area contributed by atoms with Gasteiger partial charge >= 0.3 is 11.9 Å². The van der Waals surface area contributed by atoms with Crippen molar-refractivity contribution < 1.29 is 29.4 Å². The Morgan fingerprint density at radius 2 is 2.03 bits per heavy atom. The maximum atomic E-state index is 12.8. The van der Waals surface area contributed by atoms with Gasteiger partial charge in [0.2, 0.25) is 11.1 Å². The van der Waals surface area contributed by atoms with Crippen LogP contribution in [-0.4, -0.2) is 77.0 Å². The van der Waals surface area contributed by atoms with Gasteiger partial charge in [0, 0.05) is 16.0 Å². The highest BCUT2D eigenvalue weighted by molar-refractivity contribution is 9.10. The first-order valence-electron chi connectivity index (χ1n) is 10.1. The minimum Gasteiger partial charge on any atom is -0.481 e. The molecule has 3 atom stereocenters. The number of nitrogens with two attached hydrogens (primary N) is 1. The second-order valence-electron chi connectivity index (χ2n) is 7.61. The Bertz CT molecular complexity index is 1220. The van der Waals surface area contributed by atoms with Crippen molar-refractivity contribution in [3.8, 4) is 0 Å². The van der Waals surface area contributed by atoms with Crippen molar-refractivity contribution in [1.29, 1.82) is 0 Å². The van der Waals surface area contributed by atoms with Crippen molar-refractivity contribution in [2.24, 2.45) is 5.73 Å². The largest absolute Gasteiger partial charge is 0.481 e. The highest BCUT2D eigenvalue weighted by Crippen LogP contribution is 2.41. The lowest BCUT2D eigenvalue weighted by Gasteiger charge is -2.49. The van der Waals surface area contributed by atoms with E-state index in [1.54, 1.807) is 24.3 Å². The van der Waals surface area contributed by atoms with Crippen LogP contribution < -0.4 is 11.1 Å². The number of H-pyrrole nitrogens is 1. The first-order chi connectivity index (χ1) is 16.7. The van der Waals surface area contributed by atoms with E-state index in [0.29, 0.717) is 16.9 Å². The number of hydrogen-bond acceptors (Lipinski definition) is 9. The van der Waals surface area contributed by atoms with Crippen molar-refractivity contribution in [1.82, 2.24) is 25.4 Å². The van der Waals surface area contributed by atoms with Crippen molar-refractivity contribution in [3.63, 3.8) is 0 Å². The first kappa shape index (κ1) is 25.2. The molecular weight excluding hydrogens is 564 g/mol. The van der Waals surface area contributed by atoms with Crippen molar-refractivity contribution in [3.05, 3.63) is 51.4 Å². The van der Waals surface area contributed by atoms with Gasteiger partial charge in [-0.05, 0) is 23.3 Å². The molecule has 2 aromatic rings. The average Bonchev–Trinajstić information content (AvgIpc) is 3.26. The van der Waals surface area contributed by atoms with Crippen LogP contribution in [0.15, 0.2) is 45.2 Å². The van der Waals surface area contributed by atoms with Crippen LogP contribution in [0.2, 0.25) is 0 Å². The molecule has 1 saturated heterocycles. The fourth-order valence-electron chi connectivity index (χ4n) is 3.58. The van der Waals surface area contributed by atoms with E-state index in [9.17, 15) is 24.3 Å². The summed E-state index contributed by atoms with van der Waals surface area (Å²) < 4.78 is 0.836. The number of aromatic amines is 1. The SMILES string of the molecule is NC(C(=O)NC1C(=O)N2C(C(=O)O)=C(CSc3n[nH]c(CC(=O)O)n3)CS[C@H]12)c1ccc(Br)cc1. The molecule has 0 radical (unpaired) electrons. The highest BCUT2D eigenvalue weighted by Gasteiger charge is 2.54. The third-order valence-electron chi connectivity index (χ3n) is 5.26. The van der Waals surface area contributed by atoms with E-state index in [2.05, 4.69) is 36.4 Å². The third-order valence-corrected chi connectivity index (χ3v) is 8.07. The number of aliphatic carboxylic acids is 2. The van der Waals surface area contributed by atoms with Gasteiger partial charge in [0.15, 0.2) is 0 Å². The van der Waals surface area contributed by atoms with Crippen molar-refractivity contribution >= 4 is 63.2 Å². The summed E-state index contributed by atoms with van der Waals surface area (Å²) in [7, 11) is 0. The van der Waals surface area contributed by atoms with Crippen LogP contribution >= 0.6 is 39.5 Å². The Balaban J connectivity index is 1.42. The van der Waals surface area contributed by atoms with E-state index in [4.69, 9.17) is 10.8 Å². The lowest BCUT2D eigenvalue weighted by Crippen LogP contribution is -2.71. The zero-order valence-corrected chi connectivity index (χ0v) is 21.0. The van der Waals surface area contributed by atoms with Crippen molar-refractivity contribution in [2.45, 2.75) is 29.0 Å². The molecule has 184 valence electrons. The molecule has 1 fully saturated rings. The van der Waals surface area contributed by atoms with Crippen LogP contribution in [0, 0.1) is 0 Å². The van der Waals surface area contributed by atoms with E-state index < -0.39 is 41.2 Å². The van der Waals surface area contributed by atoms with Crippen LogP contribution in [0.4, 0.5) is 0 Å². The first-order valence-corrected chi connectivity index (χ1v) is 13.0. The predicted octanol–water partition coefficient (Wildman–Crippen LogP) is 0.725. The number of benzene rings is 1. The van der Waals surface area contributed by atoms with Crippen molar-refractivity contribution in [2.75, 3.05) is 11.5 Å². The summed E-state index contributed by atoms with van der Waals surface area (Å²) >= 11 is 5.78. The van der Waals surface area contributed by atoms with E-state index in [0.717, 1.165) is 16.2 Å². The van der Waals surface area contributed by atoms with E-state index in [-0.39, 0.29) is 28.9 Å². The molecule has 1 aromatic heterocycles. The topological polar surface area (TPSA) is 192 Å². The average molecular weight is 583 g/mol. The standard InChI is InChI=1S/C20H19BrN6O6S2/c21-10-3-1-8(2-4-10)13(22)16(30)24-14-17(31)27-15(19(32)33)9(6-34-18(14)27)7-35-20-23-11(25-26-20)5-12(28)29/h1-4,13-14,18H,5-7,22H2,(H,24,30)(H,28,29)(H,32,33)(H,23,25,26)/t13?,14?,18-/m1/s1. The number of nitrogens with zero attached hydrogens (tertiary/aromatic N) is 3. The van der Waals surface area contributed by atoms with Crippen LogP contribution in [-0.2, 0) is 25.6 Å². The van der Waals surface area contributed by atoms with Gasteiger partial charge in [-0.3, -0.25) is 24.4 Å². The van der Waals surface area contributed by atoms with E-state index >= 15 is 0 Å². The Hall–Kier alpha value is -2.88. The van der Waals surface area contributed by atoms with Gasteiger partial charge in [-0.1, -0.05) is 39.8 Å². The molecule has 2 aliphatic rings. The van der Waals surface area contributed by atoms with Crippen LogP contribution in [0.1, 0.15) is 17.4 Å². The molecular formula is C20H19BrN6O6S2. The third kappa shape index (κ3) is 5.37. The van der Waals surface area contributed by atoms with Gasteiger partial charge in [-0.25, -0.2) is 9.78 Å². The maximum Gasteiger partial charge on any atom is 0.352 e. The monoisotopic (exact) mass is 582 g/mol. The summed E-state index contributed by atoms with van der Waals surface area (Å²) in [4.78, 5) is 53.5. The van der Waals surface area contributed by atoms with E-state index in [1.165, 1.54) is 16.7 Å². The van der Waals surface area contributed by atoms with Gasteiger partial charge in [0.25, 0.3) is 5.91 Å². The second-order valence-corrected chi connectivity index (χ2v) is 10.6. The molecule has 3 heterocycles. The molecule has 0 bridgehead atoms. The quantitative estimate of drug-likeness (QED) is 0.207. The number of thioether (sulfide) groups is 2. The molecule has 15 heteroatoms. The van der Waals surface area contributed by atoms with Gasteiger partial charge in [0.05, 0.1) is 0 Å². The summed E-state index contributed by atoms with van der Waals surface area (Å²) in [5, 5.41) is 27.4. The predicted molar refractivity (Wildman–Crippen MR) is 129 cm³/mol. The van der Waals surface area contributed by atoms with Gasteiger partial charge in [0.1, 0.15) is 35.4 Å². The number of carbonyl (C=O) groups excluding carboxylic acids is 2. The molecule has 1 aromatic carbocycles. The van der Waals surface area contributed by atoms with Crippen LogP contribution in [0.25, 0.3) is 0 Å². The maximum absolute atomic E-state index is 12.8. The number of aromatic nitrogens is 3. The lowest BCUT2D eigenvalue weighted by atomic mass is 10.0. The van der Waals surface area contributed by atoms with Crippen LogP contribution in [0.3, 0.4) is 0 Å². The molecule has 0 spiro atoms. The number of carbonyl (C=O) groups is 4. The number of carboxylic acid groups (broad SMARTS) is 2. The van der Waals surface area contributed by atoms with Gasteiger partial charge in [-0.2, -0.15) is 0 Å². The molecule has 2 aliphatic heterocycles. The molecule has 0 aliphatic carbocycles. The molecule has 2 unspecified atom stereocenters. The van der Waals surface area contributed by atoms with Crippen LogP contribution in [0.5, 0.6) is 0 Å². The number of β-lactam (4-membered cyclic amide) rings is 1. The molecule has 35 heavy (non-hydrogen) atoms. The number of fused-ring (bicyclic) bond motifs is 1. The fraction of sp³-hybridized carbons (Fsp3) is 0.300. The Labute approximate surface area is 215 Å². The number of amides is 2. The summed E-state index contributed by atoms with van der Waals surface area (Å²) in [5.41, 5.74) is 6.98. The number of rotatable bonds is 9. The zero-order chi connectivity index (χ0) is 25.3. The number of halogens is 1. The Kier molecular flexibility index (Phi) is 7.49. The van der Waals surface area contributed by atoms with Gasteiger partial charge in [-0.15, -0.1) is 16.9 Å². The summed E-state index contributed by atoms with van der Waals surface area (Å²) in [6, 6.07) is 5.05. The summed E-state index contributed by atoms with van der Waals surface area (Å²) in [6.45, 7) is 0. The Morgan fingerprint density at radius 3 is 2.69 bits per heavy atom. The molecule has 12 nitrogen and oxygen atoms in total. The van der Waals surface area contributed by atoms with E-state index in [1.807, 2.05) is 0 Å². The lowest BCUT2D eigenvalue weighted by molar-refractivity contribution is -0.150. The highest BCUT2D eigenvalue weighted by atomic mass is 79.9. The fourth-order valence-corrected chi connectivity index (χ4v) is 6.14. The number of hydrogen-bond donors (Lipinski definition) is 5. The number of carboxylic acids is 2.